The molecule has 0 aromatic carbocycles. The molecule has 0 aromatic heterocycles. The Balaban J connectivity index is 3.74. The number of carboxylic acids is 2. The van der Waals surface area contributed by atoms with Crippen molar-refractivity contribution in [1.82, 2.24) is 0 Å². The van der Waals surface area contributed by atoms with Gasteiger partial charge >= 0.3 is 18.1 Å². The molecule has 2 N–H and O–H groups in total. The predicted molar refractivity (Wildman–Crippen MR) is 69.4 cm³/mol. The summed E-state index contributed by atoms with van der Waals surface area (Å²) < 4.78 is 9.34. The highest BCUT2D eigenvalue weighted by atomic mass is 16.7. The first-order valence-corrected chi connectivity index (χ1v) is 6.71. The zero-order valence-corrected chi connectivity index (χ0v) is 11.7. The molecular formula is C13H22O7. The van der Waals surface area contributed by atoms with Gasteiger partial charge in [0.25, 0.3) is 0 Å². The summed E-state index contributed by atoms with van der Waals surface area (Å²) >= 11 is 0. The molecule has 0 heterocycles. The third-order valence-corrected chi connectivity index (χ3v) is 2.64. The first-order chi connectivity index (χ1) is 9.47. The first-order valence-electron chi connectivity index (χ1n) is 6.71. The largest absolute Gasteiger partial charge is 0.508 e. The van der Waals surface area contributed by atoms with Crippen molar-refractivity contribution in [2.75, 3.05) is 13.2 Å². The lowest BCUT2D eigenvalue weighted by atomic mass is 10.1. The molecule has 0 amide bonds. The second kappa shape index (κ2) is 11.1. The number of carbonyl (C=O) groups excluding carboxylic acids is 1. The molecular weight excluding hydrogens is 268 g/mol. The minimum absolute atomic E-state index is 0.221. The lowest BCUT2D eigenvalue weighted by Gasteiger charge is -2.10. The molecule has 0 aliphatic carbocycles. The molecule has 0 bridgehead atoms. The number of rotatable bonds is 11. The van der Waals surface area contributed by atoms with Gasteiger partial charge in [0.1, 0.15) is 12.5 Å². The minimum Gasteiger partial charge on any atom is -0.481 e. The van der Waals surface area contributed by atoms with E-state index in [9.17, 15) is 14.4 Å². The van der Waals surface area contributed by atoms with Gasteiger partial charge in [0.15, 0.2) is 0 Å². The Morgan fingerprint density at radius 3 is 2.20 bits per heavy atom. The van der Waals surface area contributed by atoms with Crippen LogP contribution in [0.25, 0.3) is 0 Å². The van der Waals surface area contributed by atoms with Crippen LogP contribution < -0.4 is 0 Å². The summed E-state index contributed by atoms with van der Waals surface area (Å²) in [5.41, 5.74) is 0. The van der Waals surface area contributed by atoms with Crippen LogP contribution in [-0.4, -0.2) is 41.5 Å². The van der Waals surface area contributed by atoms with Crippen molar-refractivity contribution in [3.8, 4) is 0 Å². The Kier molecular flexibility index (Phi) is 10.1. The number of carbonyl (C=O) groups is 3. The van der Waals surface area contributed by atoms with Crippen LogP contribution in [0.4, 0.5) is 4.79 Å². The monoisotopic (exact) mass is 290 g/mol. The summed E-state index contributed by atoms with van der Waals surface area (Å²) in [6.07, 6.45) is 3.47. The highest BCUT2D eigenvalue weighted by molar-refractivity contribution is 5.78. The third-order valence-electron chi connectivity index (χ3n) is 2.64. The van der Waals surface area contributed by atoms with E-state index in [0.29, 0.717) is 0 Å². The van der Waals surface area contributed by atoms with Gasteiger partial charge < -0.3 is 19.7 Å². The summed E-state index contributed by atoms with van der Waals surface area (Å²) in [5.74, 6) is -3.84. The minimum atomic E-state index is -1.32. The van der Waals surface area contributed by atoms with Gasteiger partial charge in [-0.3, -0.25) is 9.59 Å². The smallest absolute Gasteiger partial charge is 0.481 e. The maximum atomic E-state index is 11.2. The van der Waals surface area contributed by atoms with Gasteiger partial charge in [0.05, 0.1) is 13.0 Å². The van der Waals surface area contributed by atoms with E-state index in [1.54, 1.807) is 0 Å². The zero-order valence-electron chi connectivity index (χ0n) is 11.7. The van der Waals surface area contributed by atoms with Crippen LogP contribution in [0, 0.1) is 5.92 Å². The first kappa shape index (κ1) is 18.2. The summed E-state index contributed by atoms with van der Waals surface area (Å²) in [6.45, 7) is 1.82. The summed E-state index contributed by atoms with van der Waals surface area (Å²) in [5, 5.41) is 17.2. The van der Waals surface area contributed by atoms with Gasteiger partial charge in [-0.25, -0.2) is 4.79 Å². The molecule has 0 aliphatic rings. The number of unbranched alkanes of at least 4 members (excludes halogenated alkanes) is 4. The van der Waals surface area contributed by atoms with Crippen molar-refractivity contribution in [2.45, 2.75) is 45.4 Å². The van der Waals surface area contributed by atoms with Gasteiger partial charge in [-0.1, -0.05) is 32.6 Å². The predicted octanol–water partition coefficient (Wildman–Crippen LogP) is 2.29. The molecule has 7 heteroatoms. The second-order valence-corrected chi connectivity index (χ2v) is 4.46. The molecule has 1 unspecified atom stereocenters. The molecule has 0 aliphatic heterocycles. The van der Waals surface area contributed by atoms with Gasteiger partial charge in [-0.15, -0.1) is 0 Å². The van der Waals surface area contributed by atoms with Crippen LogP contribution in [-0.2, 0) is 19.1 Å². The van der Waals surface area contributed by atoms with Crippen molar-refractivity contribution in [2.24, 2.45) is 5.92 Å². The number of ether oxygens (including phenoxy) is 2. The molecule has 0 radical (unpaired) electrons. The van der Waals surface area contributed by atoms with E-state index < -0.39 is 37.0 Å². The van der Waals surface area contributed by atoms with Gasteiger partial charge in [-0.2, -0.15) is 0 Å². The standard InChI is InChI=1S/C13H22O7/c1-2-3-4-5-6-7-19-13(18)20-9-10(12(16)17)8-11(14)15/h10H,2-9H2,1H3,(H,14,15)(H,16,17). The van der Waals surface area contributed by atoms with Crippen LogP contribution in [0.3, 0.4) is 0 Å². The van der Waals surface area contributed by atoms with E-state index in [1.165, 1.54) is 0 Å². The van der Waals surface area contributed by atoms with E-state index in [-0.39, 0.29) is 6.61 Å². The van der Waals surface area contributed by atoms with Crippen molar-refractivity contribution >= 4 is 18.1 Å². The van der Waals surface area contributed by atoms with Crippen molar-refractivity contribution in [3.63, 3.8) is 0 Å². The number of hydrogen-bond acceptors (Lipinski definition) is 5. The van der Waals surface area contributed by atoms with Crippen LogP contribution in [0.15, 0.2) is 0 Å². The maximum absolute atomic E-state index is 11.2. The normalized spacial score (nSPS) is 11.7. The van der Waals surface area contributed by atoms with Gasteiger partial charge in [0.2, 0.25) is 0 Å². The Morgan fingerprint density at radius 2 is 1.65 bits per heavy atom. The molecule has 116 valence electrons. The van der Waals surface area contributed by atoms with Crippen molar-refractivity contribution < 1.29 is 34.1 Å². The van der Waals surface area contributed by atoms with E-state index in [0.717, 1.165) is 32.1 Å². The summed E-state index contributed by atoms with van der Waals surface area (Å²) in [7, 11) is 0. The number of hydrogen-bond donors (Lipinski definition) is 2. The Hall–Kier alpha value is -1.79. The molecule has 0 saturated heterocycles. The molecule has 0 rings (SSSR count). The lowest BCUT2D eigenvalue weighted by Crippen LogP contribution is -2.25. The Labute approximate surface area is 117 Å². The number of aliphatic carboxylic acids is 2. The van der Waals surface area contributed by atoms with Crippen LogP contribution in [0.5, 0.6) is 0 Å². The second-order valence-electron chi connectivity index (χ2n) is 4.46. The number of carboxylic acid groups (broad SMARTS) is 2. The zero-order chi connectivity index (χ0) is 15.4. The van der Waals surface area contributed by atoms with E-state index in [4.69, 9.17) is 14.9 Å². The van der Waals surface area contributed by atoms with Crippen molar-refractivity contribution in [3.05, 3.63) is 0 Å². The summed E-state index contributed by atoms with van der Waals surface area (Å²) in [6, 6.07) is 0. The van der Waals surface area contributed by atoms with E-state index in [2.05, 4.69) is 11.7 Å². The van der Waals surface area contributed by atoms with E-state index in [1.807, 2.05) is 0 Å². The molecule has 0 saturated carbocycles. The van der Waals surface area contributed by atoms with Crippen LogP contribution in [0.2, 0.25) is 0 Å². The highest BCUT2D eigenvalue weighted by Gasteiger charge is 2.23. The molecule has 1 atom stereocenters. The topological polar surface area (TPSA) is 110 Å². The summed E-state index contributed by atoms with van der Waals surface area (Å²) in [4.78, 5) is 32.3. The fourth-order valence-electron chi connectivity index (χ4n) is 1.50. The van der Waals surface area contributed by atoms with Crippen molar-refractivity contribution in [1.29, 1.82) is 0 Å². The quantitative estimate of drug-likeness (QED) is 0.443. The molecule has 0 fully saturated rings. The average molecular weight is 290 g/mol. The molecule has 7 nitrogen and oxygen atoms in total. The average Bonchev–Trinajstić information content (AvgIpc) is 2.37. The molecule has 0 aromatic rings. The van der Waals surface area contributed by atoms with E-state index >= 15 is 0 Å². The van der Waals surface area contributed by atoms with Crippen LogP contribution >= 0.6 is 0 Å². The molecule has 0 spiro atoms. The Morgan fingerprint density at radius 1 is 1.00 bits per heavy atom. The fraction of sp³-hybridized carbons (Fsp3) is 0.769. The Bertz CT molecular complexity index is 314. The molecule has 20 heavy (non-hydrogen) atoms. The maximum Gasteiger partial charge on any atom is 0.508 e. The third kappa shape index (κ3) is 10.2. The lowest BCUT2D eigenvalue weighted by molar-refractivity contribution is -0.149. The fourth-order valence-corrected chi connectivity index (χ4v) is 1.50. The SMILES string of the molecule is CCCCCCCOC(=O)OCC(CC(=O)O)C(=O)O. The highest BCUT2D eigenvalue weighted by Crippen LogP contribution is 2.06. The van der Waals surface area contributed by atoms with Gasteiger partial charge in [0, 0.05) is 0 Å². The van der Waals surface area contributed by atoms with Gasteiger partial charge in [-0.05, 0) is 6.42 Å². The van der Waals surface area contributed by atoms with Crippen LogP contribution in [0.1, 0.15) is 45.4 Å².